The van der Waals surface area contributed by atoms with Crippen LogP contribution in [-0.2, 0) is 15.8 Å². The smallest absolute Gasteiger partial charge is 0.338 e. The first-order chi connectivity index (χ1) is 9.41. The van der Waals surface area contributed by atoms with E-state index >= 15 is 0 Å². The van der Waals surface area contributed by atoms with Crippen LogP contribution >= 0.6 is 0 Å². The first kappa shape index (κ1) is 14.6. The SMILES string of the molecule is C[C@@H]1CON(c2cc(C(F)(F)F)ccn2)CCN1C=O. The van der Waals surface area contributed by atoms with Crippen LogP contribution in [-0.4, -0.2) is 42.0 Å². The van der Waals surface area contributed by atoms with Gasteiger partial charge in [-0.15, -0.1) is 0 Å². The van der Waals surface area contributed by atoms with Crippen LogP contribution in [0.2, 0.25) is 0 Å². The van der Waals surface area contributed by atoms with Gasteiger partial charge < -0.3 is 4.90 Å². The number of hydroxylamine groups is 1. The molecule has 20 heavy (non-hydrogen) atoms. The van der Waals surface area contributed by atoms with E-state index < -0.39 is 11.7 Å². The largest absolute Gasteiger partial charge is 0.416 e. The minimum absolute atomic E-state index is 0.0831. The van der Waals surface area contributed by atoms with Gasteiger partial charge in [-0.3, -0.25) is 9.63 Å². The molecule has 5 nitrogen and oxygen atoms in total. The van der Waals surface area contributed by atoms with Gasteiger partial charge in [-0.1, -0.05) is 0 Å². The summed E-state index contributed by atoms with van der Waals surface area (Å²) in [5, 5.41) is 1.29. The Labute approximate surface area is 113 Å². The molecule has 1 saturated heterocycles. The summed E-state index contributed by atoms with van der Waals surface area (Å²) >= 11 is 0. The van der Waals surface area contributed by atoms with Gasteiger partial charge in [0, 0.05) is 12.7 Å². The summed E-state index contributed by atoms with van der Waals surface area (Å²) in [5.41, 5.74) is -0.782. The van der Waals surface area contributed by atoms with Crippen molar-refractivity contribution < 1.29 is 22.8 Å². The molecule has 2 rings (SSSR count). The minimum Gasteiger partial charge on any atom is -0.338 e. The maximum atomic E-state index is 12.7. The van der Waals surface area contributed by atoms with Crippen LogP contribution in [0, 0.1) is 0 Å². The van der Waals surface area contributed by atoms with Gasteiger partial charge in [0.25, 0.3) is 0 Å². The molecule has 0 radical (unpaired) electrons. The Morgan fingerprint density at radius 3 is 2.85 bits per heavy atom. The van der Waals surface area contributed by atoms with E-state index in [0.29, 0.717) is 13.0 Å². The number of nitrogens with zero attached hydrogens (tertiary/aromatic N) is 3. The Bertz CT molecular complexity index is 481. The second-order valence-electron chi connectivity index (χ2n) is 4.49. The zero-order valence-corrected chi connectivity index (χ0v) is 10.8. The molecular formula is C12H14F3N3O2. The van der Waals surface area contributed by atoms with Gasteiger partial charge in [-0.05, 0) is 19.1 Å². The number of halogens is 3. The Balaban J connectivity index is 2.18. The van der Waals surface area contributed by atoms with E-state index in [1.165, 1.54) is 9.96 Å². The number of hydrogen-bond donors (Lipinski definition) is 0. The molecule has 0 bridgehead atoms. The topological polar surface area (TPSA) is 45.7 Å². The summed E-state index contributed by atoms with van der Waals surface area (Å²) in [7, 11) is 0. The van der Waals surface area contributed by atoms with Crippen molar-refractivity contribution in [3.63, 3.8) is 0 Å². The summed E-state index contributed by atoms with van der Waals surface area (Å²) in [5.74, 6) is 0.0831. The van der Waals surface area contributed by atoms with Crippen LogP contribution in [0.25, 0.3) is 0 Å². The maximum absolute atomic E-state index is 12.7. The Hall–Kier alpha value is -1.83. The maximum Gasteiger partial charge on any atom is 0.416 e. The highest BCUT2D eigenvalue weighted by atomic mass is 19.4. The average Bonchev–Trinajstić information content (AvgIpc) is 2.60. The molecule has 0 spiro atoms. The van der Waals surface area contributed by atoms with Gasteiger partial charge in [0.15, 0.2) is 5.82 Å². The number of anilines is 1. The van der Waals surface area contributed by atoms with Crippen molar-refractivity contribution in [1.29, 1.82) is 0 Å². The highest BCUT2D eigenvalue weighted by Crippen LogP contribution is 2.30. The number of carbonyl (C=O) groups excluding carboxylic acids is 1. The van der Waals surface area contributed by atoms with Crippen molar-refractivity contribution in [3.8, 4) is 0 Å². The van der Waals surface area contributed by atoms with E-state index in [-0.39, 0.29) is 25.0 Å². The van der Waals surface area contributed by atoms with Crippen molar-refractivity contribution in [2.24, 2.45) is 0 Å². The van der Waals surface area contributed by atoms with Crippen molar-refractivity contribution in [1.82, 2.24) is 9.88 Å². The van der Waals surface area contributed by atoms with Gasteiger partial charge in [-0.25, -0.2) is 10.0 Å². The molecule has 0 aliphatic carbocycles. The molecule has 1 aliphatic rings. The summed E-state index contributed by atoms with van der Waals surface area (Å²) in [6.45, 7) is 2.63. The fourth-order valence-electron chi connectivity index (χ4n) is 1.85. The van der Waals surface area contributed by atoms with Gasteiger partial charge >= 0.3 is 6.18 Å². The molecule has 2 heterocycles. The second kappa shape index (κ2) is 5.66. The first-order valence-corrected chi connectivity index (χ1v) is 6.06. The number of hydrogen-bond acceptors (Lipinski definition) is 4. The Morgan fingerprint density at radius 2 is 2.20 bits per heavy atom. The summed E-state index contributed by atoms with van der Waals surface area (Å²) in [6, 6.07) is 1.70. The minimum atomic E-state index is -4.42. The molecule has 8 heteroatoms. The molecule has 1 aromatic heterocycles. The molecule has 1 aliphatic heterocycles. The third kappa shape index (κ3) is 3.19. The van der Waals surface area contributed by atoms with Crippen LogP contribution < -0.4 is 5.06 Å². The second-order valence-corrected chi connectivity index (χ2v) is 4.49. The number of amides is 1. The van der Waals surface area contributed by atoms with Crippen molar-refractivity contribution in [2.75, 3.05) is 24.8 Å². The summed E-state index contributed by atoms with van der Waals surface area (Å²) < 4.78 is 38.0. The van der Waals surface area contributed by atoms with E-state index in [9.17, 15) is 18.0 Å². The van der Waals surface area contributed by atoms with Crippen LogP contribution in [0.1, 0.15) is 12.5 Å². The lowest BCUT2D eigenvalue weighted by atomic mass is 10.2. The summed E-state index contributed by atoms with van der Waals surface area (Å²) in [6.07, 6.45) is -2.63. The van der Waals surface area contributed by atoms with E-state index in [0.717, 1.165) is 18.3 Å². The van der Waals surface area contributed by atoms with Gasteiger partial charge in [0.1, 0.15) is 0 Å². The lowest BCUT2D eigenvalue weighted by molar-refractivity contribution is -0.137. The molecule has 0 saturated carbocycles. The molecule has 1 amide bonds. The standard InChI is InChI=1S/C12H14F3N3O2/c1-9-7-20-18(5-4-17(9)8-19)11-6-10(2-3-16-11)12(13,14)15/h2-3,6,8-9H,4-5,7H2,1H3/t9-/m1/s1. The molecule has 1 aromatic rings. The lowest BCUT2D eigenvalue weighted by Gasteiger charge is -2.20. The van der Waals surface area contributed by atoms with Gasteiger partial charge in [0.05, 0.1) is 24.8 Å². The van der Waals surface area contributed by atoms with Crippen LogP contribution in [0.15, 0.2) is 18.3 Å². The average molecular weight is 289 g/mol. The fraction of sp³-hybridized carbons (Fsp3) is 0.500. The molecule has 1 fully saturated rings. The molecule has 1 atom stereocenters. The number of alkyl halides is 3. The number of carbonyl (C=O) groups is 1. The predicted molar refractivity (Wildman–Crippen MR) is 64.8 cm³/mol. The van der Waals surface area contributed by atoms with Crippen molar-refractivity contribution >= 4 is 12.2 Å². The predicted octanol–water partition coefficient (Wildman–Crippen LogP) is 1.70. The van der Waals surface area contributed by atoms with E-state index in [1.54, 1.807) is 6.92 Å². The van der Waals surface area contributed by atoms with Crippen LogP contribution in [0.5, 0.6) is 0 Å². The molecular weight excluding hydrogens is 275 g/mol. The Morgan fingerprint density at radius 1 is 1.45 bits per heavy atom. The zero-order valence-electron chi connectivity index (χ0n) is 10.8. The number of rotatable bonds is 2. The third-order valence-electron chi connectivity index (χ3n) is 3.06. The summed E-state index contributed by atoms with van der Waals surface area (Å²) in [4.78, 5) is 21.7. The normalized spacial score (nSPS) is 20.7. The van der Waals surface area contributed by atoms with E-state index in [1.807, 2.05) is 0 Å². The molecule has 0 unspecified atom stereocenters. The van der Waals surface area contributed by atoms with E-state index in [4.69, 9.17) is 4.84 Å². The molecule has 110 valence electrons. The van der Waals surface area contributed by atoms with Crippen LogP contribution in [0.4, 0.5) is 19.0 Å². The van der Waals surface area contributed by atoms with Crippen molar-refractivity contribution in [3.05, 3.63) is 23.9 Å². The highest BCUT2D eigenvalue weighted by molar-refractivity contribution is 5.48. The number of pyridine rings is 1. The molecule has 0 N–H and O–H groups in total. The third-order valence-corrected chi connectivity index (χ3v) is 3.06. The lowest BCUT2D eigenvalue weighted by Crippen LogP contribution is -2.34. The Kier molecular flexibility index (Phi) is 4.12. The zero-order chi connectivity index (χ0) is 14.8. The first-order valence-electron chi connectivity index (χ1n) is 6.06. The van der Waals surface area contributed by atoms with E-state index in [2.05, 4.69) is 4.98 Å². The van der Waals surface area contributed by atoms with Gasteiger partial charge in [-0.2, -0.15) is 13.2 Å². The quantitative estimate of drug-likeness (QED) is 0.777. The molecule has 0 aromatic carbocycles. The van der Waals surface area contributed by atoms with Crippen molar-refractivity contribution in [2.45, 2.75) is 19.1 Å². The number of aromatic nitrogens is 1. The monoisotopic (exact) mass is 289 g/mol. The van der Waals surface area contributed by atoms with Crippen LogP contribution in [0.3, 0.4) is 0 Å². The highest BCUT2D eigenvalue weighted by Gasteiger charge is 2.31. The fourth-order valence-corrected chi connectivity index (χ4v) is 1.85. The van der Waals surface area contributed by atoms with Gasteiger partial charge in [0.2, 0.25) is 6.41 Å².